The summed E-state index contributed by atoms with van der Waals surface area (Å²) in [4.78, 5) is 12.0. The van der Waals surface area contributed by atoms with Crippen molar-refractivity contribution in [1.29, 1.82) is 0 Å². The molecule has 0 heterocycles. The van der Waals surface area contributed by atoms with Crippen LogP contribution < -0.4 is 0 Å². The molecule has 3 aliphatic carbocycles. The van der Waals surface area contributed by atoms with Gasteiger partial charge in [0.2, 0.25) is 0 Å². The number of rotatable bonds is 1. The van der Waals surface area contributed by atoms with E-state index in [1.165, 1.54) is 17.5 Å². The summed E-state index contributed by atoms with van der Waals surface area (Å²) in [5.74, 6) is 0.691. The molecule has 3 aliphatic rings. The second-order valence-electron chi connectivity index (χ2n) is 4.96. The van der Waals surface area contributed by atoms with Crippen LogP contribution in [0.25, 0.3) is 0 Å². The molecular formula is C14H16O. The van der Waals surface area contributed by atoms with Crippen LogP contribution in [0.15, 0.2) is 24.3 Å². The second-order valence-corrected chi connectivity index (χ2v) is 4.96. The van der Waals surface area contributed by atoms with Gasteiger partial charge in [-0.3, -0.25) is 4.79 Å². The Kier molecular flexibility index (Phi) is 1.79. The number of hydrogen-bond acceptors (Lipinski definition) is 1. The van der Waals surface area contributed by atoms with Gasteiger partial charge < -0.3 is 0 Å². The standard InChI is InChI=1S/C14H16O/c1-2-14-8-7-11(13(15)9-14)10-5-3-4-6-12(10)14/h3-6,11H,2,7-9H2,1H3/t11-,14?/m1/s1. The zero-order chi connectivity index (χ0) is 10.5. The van der Waals surface area contributed by atoms with E-state index in [4.69, 9.17) is 0 Å². The fourth-order valence-electron chi connectivity index (χ4n) is 3.46. The highest BCUT2D eigenvalue weighted by Gasteiger charge is 2.47. The zero-order valence-electron chi connectivity index (χ0n) is 9.12. The lowest BCUT2D eigenvalue weighted by Crippen LogP contribution is -2.42. The number of carbonyl (C=O) groups excluding carboxylic acids is 1. The Labute approximate surface area is 90.5 Å². The van der Waals surface area contributed by atoms with E-state index >= 15 is 0 Å². The monoisotopic (exact) mass is 200 g/mol. The fourth-order valence-corrected chi connectivity index (χ4v) is 3.46. The molecule has 0 spiro atoms. The largest absolute Gasteiger partial charge is 0.299 e. The summed E-state index contributed by atoms with van der Waals surface area (Å²) in [6.07, 6.45) is 4.16. The van der Waals surface area contributed by atoms with Gasteiger partial charge in [-0.05, 0) is 30.4 Å². The minimum atomic E-state index is 0.183. The van der Waals surface area contributed by atoms with Crippen molar-refractivity contribution < 1.29 is 4.79 Å². The molecular weight excluding hydrogens is 184 g/mol. The van der Waals surface area contributed by atoms with Crippen LogP contribution in [0.2, 0.25) is 0 Å². The van der Waals surface area contributed by atoms with Gasteiger partial charge in [-0.1, -0.05) is 31.2 Å². The Hall–Kier alpha value is -1.11. The molecule has 0 amide bonds. The molecule has 0 saturated heterocycles. The van der Waals surface area contributed by atoms with Crippen molar-refractivity contribution in [3.05, 3.63) is 35.4 Å². The SMILES string of the molecule is CCC12CC[C@@H](C(=O)C1)c1ccccc12. The zero-order valence-corrected chi connectivity index (χ0v) is 9.12. The van der Waals surface area contributed by atoms with Crippen molar-refractivity contribution in [3.63, 3.8) is 0 Å². The lowest BCUT2D eigenvalue weighted by molar-refractivity contribution is -0.125. The molecule has 0 aliphatic heterocycles. The number of hydrogen-bond donors (Lipinski definition) is 0. The van der Waals surface area contributed by atoms with Crippen LogP contribution in [-0.2, 0) is 10.2 Å². The predicted octanol–water partition coefficient (Wildman–Crippen LogP) is 3.18. The van der Waals surface area contributed by atoms with E-state index in [-0.39, 0.29) is 11.3 Å². The van der Waals surface area contributed by atoms with Gasteiger partial charge in [0.1, 0.15) is 5.78 Å². The lowest BCUT2D eigenvalue weighted by atomic mass is 9.56. The van der Waals surface area contributed by atoms with Gasteiger partial charge in [0.25, 0.3) is 0 Å². The third-order valence-electron chi connectivity index (χ3n) is 4.40. The molecule has 0 radical (unpaired) electrons. The van der Waals surface area contributed by atoms with E-state index in [2.05, 4.69) is 31.2 Å². The molecule has 1 aromatic rings. The van der Waals surface area contributed by atoms with Crippen molar-refractivity contribution in [3.8, 4) is 0 Å². The first kappa shape index (κ1) is 9.14. The minimum absolute atomic E-state index is 0.183. The lowest BCUT2D eigenvalue weighted by Gasteiger charge is -2.46. The maximum absolute atomic E-state index is 12.0. The summed E-state index contributed by atoms with van der Waals surface area (Å²) in [6, 6.07) is 8.57. The molecule has 1 saturated carbocycles. The van der Waals surface area contributed by atoms with Gasteiger partial charge in [0.15, 0.2) is 0 Å². The van der Waals surface area contributed by atoms with Crippen molar-refractivity contribution in [2.45, 2.75) is 43.9 Å². The predicted molar refractivity (Wildman–Crippen MR) is 60.0 cm³/mol. The average Bonchev–Trinajstić information content (AvgIpc) is 2.30. The first-order valence-electron chi connectivity index (χ1n) is 5.89. The summed E-state index contributed by atoms with van der Waals surface area (Å²) >= 11 is 0. The van der Waals surface area contributed by atoms with Gasteiger partial charge in [0, 0.05) is 17.8 Å². The maximum Gasteiger partial charge on any atom is 0.141 e. The van der Waals surface area contributed by atoms with Crippen LogP contribution in [0.5, 0.6) is 0 Å². The Morgan fingerprint density at radius 3 is 2.93 bits per heavy atom. The highest BCUT2D eigenvalue weighted by atomic mass is 16.1. The van der Waals surface area contributed by atoms with Crippen molar-refractivity contribution in [2.75, 3.05) is 0 Å². The van der Waals surface area contributed by atoms with Gasteiger partial charge in [-0.15, -0.1) is 0 Å². The van der Waals surface area contributed by atoms with Gasteiger partial charge in [0.05, 0.1) is 0 Å². The van der Waals surface area contributed by atoms with Crippen molar-refractivity contribution in [2.24, 2.45) is 0 Å². The van der Waals surface area contributed by atoms with Crippen LogP contribution in [-0.4, -0.2) is 5.78 Å². The number of benzene rings is 1. The summed E-state index contributed by atoms with van der Waals surface area (Å²) in [6.45, 7) is 2.22. The van der Waals surface area contributed by atoms with Crippen LogP contribution in [0, 0.1) is 0 Å². The van der Waals surface area contributed by atoms with E-state index in [1.54, 1.807) is 0 Å². The molecule has 1 heteroatoms. The third kappa shape index (κ3) is 1.06. The van der Waals surface area contributed by atoms with E-state index in [0.29, 0.717) is 5.78 Å². The molecule has 0 N–H and O–H groups in total. The highest BCUT2D eigenvalue weighted by Crippen LogP contribution is 2.52. The first-order valence-corrected chi connectivity index (χ1v) is 5.89. The molecule has 1 aromatic carbocycles. The highest BCUT2D eigenvalue weighted by molar-refractivity contribution is 5.90. The molecule has 1 nitrogen and oxygen atoms in total. The molecule has 78 valence electrons. The normalized spacial score (nSPS) is 32.9. The molecule has 2 atom stereocenters. The second kappa shape index (κ2) is 2.94. The number of fused-ring (bicyclic) bond motifs is 2. The molecule has 1 fully saturated rings. The maximum atomic E-state index is 12.0. The fraction of sp³-hybridized carbons (Fsp3) is 0.500. The number of carbonyl (C=O) groups is 1. The quantitative estimate of drug-likeness (QED) is 0.680. The van der Waals surface area contributed by atoms with E-state index in [1.807, 2.05) is 0 Å². The molecule has 4 rings (SSSR count). The van der Waals surface area contributed by atoms with Crippen LogP contribution >= 0.6 is 0 Å². The van der Waals surface area contributed by atoms with Crippen molar-refractivity contribution in [1.82, 2.24) is 0 Å². The first-order chi connectivity index (χ1) is 7.27. The molecule has 2 bridgehead atoms. The summed E-state index contributed by atoms with van der Waals surface area (Å²) in [5, 5.41) is 0. The average molecular weight is 200 g/mol. The third-order valence-corrected chi connectivity index (χ3v) is 4.40. The summed E-state index contributed by atoms with van der Waals surface area (Å²) in [5.41, 5.74) is 2.97. The number of ketones is 1. The Balaban J connectivity index is 2.24. The van der Waals surface area contributed by atoms with E-state index in [0.717, 1.165) is 19.3 Å². The summed E-state index contributed by atoms with van der Waals surface area (Å²) in [7, 11) is 0. The molecule has 0 aromatic heterocycles. The Morgan fingerprint density at radius 2 is 2.20 bits per heavy atom. The van der Waals surface area contributed by atoms with E-state index < -0.39 is 0 Å². The van der Waals surface area contributed by atoms with Crippen molar-refractivity contribution >= 4 is 5.78 Å². The van der Waals surface area contributed by atoms with Gasteiger partial charge in [-0.25, -0.2) is 0 Å². The Morgan fingerprint density at radius 1 is 1.40 bits per heavy atom. The topological polar surface area (TPSA) is 17.1 Å². The van der Waals surface area contributed by atoms with Crippen LogP contribution in [0.3, 0.4) is 0 Å². The van der Waals surface area contributed by atoms with Crippen LogP contribution in [0.4, 0.5) is 0 Å². The van der Waals surface area contributed by atoms with Crippen LogP contribution in [0.1, 0.15) is 49.7 Å². The summed E-state index contributed by atoms with van der Waals surface area (Å²) < 4.78 is 0. The Bertz CT molecular complexity index is 421. The van der Waals surface area contributed by atoms with Gasteiger partial charge in [-0.2, -0.15) is 0 Å². The number of Topliss-reactive ketones (excluding diaryl/α,β-unsaturated/α-hetero) is 1. The van der Waals surface area contributed by atoms with E-state index in [9.17, 15) is 4.79 Å². The van der Waals surface area contributed by atoms with Gasteiger partial charge >= 0.3 is 0 Å². The minimum Gasteiger partial charge on any atom is -0.299 e. The smallest absolute Gasteiger partial charge is 0.141 e. The molecule has 15 heavy (non-hydrogen) atoms. The molecule has 1 unspecified atom stereocenters.